The van der Waals surface area contributed by atoms with Crippen molar-refractivity contribution in [2.24, 2.45) is 29.1 Å². The summed E-state index contributed by atoms with van der Waals surface area (Å²) in [4.78, 5) is 26.7. The first-order valence-electron chi connectivity index (χ1n) is 9.16. The Labute approximate surface area is 144 Å². The van der Waals surface area contributed by atoms with Crippen LogP contribution in [0.4, 0.5) is 0 Å². The largest absolute Gasteiger partial charge is 0.294 e. The van der Waals surface area contributed by atoms with Gasteiger partial charge in [-0.3, -0.25) is 9.59 Å². The lowest BCUT2D eigenvalue weighted by Gasteiger charge is -2.41. The Morgan fingerprint density at radius 1 is 1.29 bits per heavy atom. The Bertz CT molecular complexity index is 757. The minimum atomic E-state index is -0.136. The molecular weight excluding hydrogens is 296 g/mol. The van der Waals surface area contributed by atoms with E-state index in [4.69, 9.17) is 0 Å². The van der Waals surface area contributed by atoms with Gasteiger partial charge in [-0.2, -0.15) is 0 Å². The number of carbonyl (C=O) groups is 2. The van der Waals surface area contributed by atoms with Gasteiger partial charge in [0.05, 0.1) is 0 Å². The number of Topliss-reactive ketones (excluding diaryl/α,β-unsaturated/α-hetero) is 2. The number of ketones is 2. The third kappa shape index (κ3) is 1.95. The lowest BCUT2D eigenvalue weighted by molar-refractivity contribution is -0.133. The van der Waals surface area contributed by atoms with E-state index in [1.807, 2.05) is 0 Å². The summed E-state index contributed by atoms with van der Waals surface area (Å²) in [7, 11) is 0. The second-order valence-corrected chi connectivity index (χ2v) is 8.44. The highest BCUT2D eigenvalue weighted by atomic mass is 16.1. The first kappa shape index (κ1) is 15.8. The van der Waals surface area contributed by atoms with Crippen LogP contribution in [0, 0.1) is 29.1 Å². The van der Waals surface area contributed by atoms with Crippen molar-refractivity contribution in [2.45, 2.75) is 47.0 Å². The van der Waals surface area contributed by atoms with Gasteiger partial charge in [0.1, 0.15) is 0 Å². The lowest BCUT2D eigenvalue weighted by atomic mass is 9.60. The van der Waals surface area contributed by atoms with E-state index in [0.29, 0.717) is 6.42 Å². The van der Waals surface area contributed by atoms with E-state index >= 15 is 0 Å². The molecule has 4 aliphatic rings. The molecule has 0 aromatic carbocycles. The zero-order valence-corrected chi connectivity index (χ0v) is 15.1. The second kappa shape index (κ2) is 5.15. The molecule has 2 nitrogen and oxygen atoms in total. The summed E-state index contributed by atoms with van der Waals surface area (Å²) in [5.74, 6) is 0.638. The van der Waals surface area contributed by atoms with Crippen LogP contribution in [-0.4, -0.2) is 11.6 Å². The highest BCUT2D eigenvalue weighted by molar-refractivity contribution is 6.16. The average molecular weight is 322 g/mol. The molecule has 0 aliphatic heterocycles. The van der Waals surface area contributed by atoms with E-state index in [-0.39, 0.29) is 40.7 Å². The van der Waals surface area contributed by atoms with Crippen LogP contribution in [-0.2, 0) is 9.59 Å². The van der Waals surface area contributed by atoms with Crippen molar-refractivity contribution < 1.29 is 9.59 Å². The van der Waals surface area contributed by atoms with Gasteiger partial charge in [0.15, 0.2) is 11.6 Å². The van der Waals surface area contributed by atoms with Crippen molar-refractivity contribution in [3.63, 3.8) is 0 Å². The molecule has 5 atom stereocenters. The highest BCUT2D eigenvalue weighted by Crippen LogP contribution is 2.62. The SMILES string of the molecule is CC(C)=CC[C@@]12C=C[C@@H](C1)C1C(=O)C3=C(C(=O)C12)C(C)C(C)=CC3. The second-order valence-electron chi connectivity index (χ2n) is 8.44. The molecule has 4 rings (SSSR count). The van der Waals surface area contributed by atoms with Gasteiger partial charge in [0.25, 0.3) is 0 Å². The summed E-state index contributed by atoms with van der Waals surface area (Å²) in [5, 5.41) is 0. The van der Waals surface area contributed by atoms with Crippen molar-refractivity contribution in [3.05, 3.63) is 46.6 Å². The Morgan fingerprint density at radius 3 is 2.75 bits per heavy atom. The van der Waals surface area contributed by atoms with E-state index in [0.717, 1.165) is 24.0 Å². The van der Waals surface area contributed by atoms with E-state index in [9.17, 15) is 9.59 Å². The number of allylic oxidation sites excluding steroid dienone is 8. The van der Waals surface area contributed by atoms with Gasteiger partial charge in [0.2, 0.25) is 0 Å². The number of hydrogen-bond acceptors (Lipinski definition) is 2. The molecule has 2 heteroatoms. The minimum absolute atomic E-state index is 0.0924. The molecule has 126 valence electrons. The quantitative estimate of drug-likeness (QED) is 0.697. The van der Waals surface area contributed by atoms with Crippen molar-refractivity contribution in [3.8, 4) is 0 Å². The van der Waals surface area contributed by atoms with Crippen LogP contribution in [0.2, 0.25) is 0 Å². The van der Waals surface area contributed by atoms with Crippen LogP contribution >= 0.6 is 0 Å². The predicted molar refractivity (Wildman–Crippen MR) is 95.3 cm³/mol. The Hall–Kier alpha value is -1.70. The normalized spacial score (nSPS) is 39.8. The van der Waals surface area contributed by atoms with Crippen LogP contribution in [0.1, 0.15) is 47.0 Å². The summed E-state index contributed by atoms with van der Waals surface area (Å²) >= 11 is 0. The summed E-state index contributed by atoms with van der Waals surface area (Å²) in [6.07, 6.45) is 11.3. The Balaban J connectivity index is 1.79. The van der Waals surface area contributed by atoms with Gasteiger partial charge < -0.3 is 0 Å². The molecule has 24 heavy (non-hydrogen) atoms. The van der Waals surface area contributed by atoms with E-state index in [1.54, 1.807) is 0 Å². The zero-order valence-electron chi connectivity index (χ0n) is 15.1. The minimum Gasteiger partial charge on any atom is -0.294 e. The van der Waals surface area contributed by atoms with Crippen LogP contribution < -0.4 is 0 Å². The fourth-order valence-electron chi connectivity index (χ4n) is 5.42. The van der Waals surface area contributed by atoms with Crippen molar-refractivity contribution in [2.75, 3.05) is 0 Å². The first-order chi connectivity index (χ1) is 11.4. The topological polar surface area (TPSA) is 34.1 Å². The van der Waals surface area contributed by atoms with Crippen LogP contribution in [0.5, 0.6) is 0 Å². The molecule has 4 aliphatic carbocycles. The average Bonchev–Trinajstić information content (AvgIpc) is 3.10. The van der Waals surface area contributed by atoms with Gasteiger partial charge in [-0.05, 0) is 46.0 Å². The smallest absolute Gasteiger partial charge is 0.164 e. The van der Waals surface area contributed by atoms with Crippen molar-refractivity contribution in [1.29, 1.82) is 0 Å². The van der Waals surface area contributed by atoms with Gasteiger partial charge in [0, 0.05) is 34.3 Å². The molecule has 2 bridgehead atoms. The molecular formula is C22H26O2. The molecule has 0 aromatic heterocycles. The zero-order chi connectivity index (χ0) is 17.2. The molecule has 0 spiro atoms. The summed E-state index contributed by atoms with van der Waals surface area (Å²) < 4.78 is 0. The van der Waals surface area contributed by atoms with Crippen LogP contribution in [0.3, 0.4) is 0 Å². The molecule has 3 unspecified atom stereocenters. The monoisotopic (exact) mass is 322 g/mol. The fourth-order valence-corrected chi connectivity index (χ4v) is 5.42. The summed E-state index contributed by atoms with van der Waals surface area (Å²) in [6, 6.07) is 0. The molecule has 0 N–H and O–H groups in total. The first-order valence-corrected chi connectivity index (χ1v) is 9.16. The number of rotatable bonds is 2. The molecule has 1 fully saturated rings. The highest BCUT2D eigenvalue weighted by Gasteiger charge is 2.62. The van der Waals surface area contributed by atoms with E-state index < -0.39 is 0 Å². The third-order valence-corrected chi connectivity index (χ3v) is 6.84. The molecule has 0 saturated heterocycles. The Morgan fingerprint density at radius 2 is 2.04 bits per heavy atom. The molecule has 1 saturated carbocycles. The van der Waals surface area contributed by atoms with Crippen LogP contribution in [0.25, 0.3) is 0 Å². The lowest BCUT2D eigenvalue weighted by Crippen LogP contribution is -2.45. The van der Waals surface area contributed by atoms with Crippen molar-refractivity contribution >= 4 is 11.6 Å². The third-order valence-electron chi connectivity index (χ3n) is 6.84. The molecule has 0 heterocycles. The fraction of sp³-hybridized carbons (Fsp3) is 0.545. The molecule has 0 amide bonds. The number of fused-ring (bicyclic) bond motifs is 5. The van der Waals surface area contributed by atoms with Gasteiger partial charge in [-0.25, -0.2) is 0 Å². The van der Waals surface area contributed by atoms with Gasteiger partial charge >= 0.3 is 0 Å². The number of hydrogen-bond donors (Lipinski definition) is 0. The van der Waals surface area contributed by atoms with Gasteiger partial charge in [-0.15, -0.1) is 0 Å². The Kier molecular flexibility index (Phi) is 3.39. The maximum absolute atomic E-state index is 13.5. The standard InChI is InChI=1S/C22H26O2/c1-12(2)7-9-22-10-8-15(11-22)18-19(22)21(24)17-14(4)13(3)5-6-16(17)20(18)23/h5,7-8,10,14-15,18-19H,6,9,11H2,1-4H3/t14?,15-,18?,19?,22+/m0/s1. The summed E-state index contributed by atoms with van der Waals surface area (Å²) in [5.41, 5.74) is 4.03. The van der Waals surface area contributed by atoms with E-state index in [1.165, 1.54) is 11.1 Å². The molecule has 0 aromatic rings. The number of carbonyl (C=O) groups excluding carboxylic acids is 2. The maximum Gasteiger partial charge on any atom is 0.164 e. The van der Waals surface area contributed by atoms with Crippen molar-refractivity contribution in [1.82, 2.24) is 0 Å². The maximum atomic E-state index is 13.5. The predicted octanol–water partition coefficient (Wildman–Crippen LogP) is 4.59. The van der Waals surface area contributed by atoms with Gasteiger partial charge in [-0.1, -0.05) is 42.4 Å². The summed E-state index contributed by atoms with van der Waals surface area (Å²) in [6.45, 7) is 8.37. The van der Waals surface area contributed by atoms with Crippen LogP contribution in [0.15, 0.2) is 46.6 Å². The molecule has 0 radical (unpaired) electrons. The van der Waals surface area contributed by atoms with E-state index in [2.05, 4.69) is 52.0 Å².